The van der Waals surface area contributed by atoms with Crippen LogP contribution in [0.3, 0.4) is 0 Å². The summed E-state index contributed by atoms with van der Waals surface area (Å²) in [5, 5.41) is 0. The molecule has 1 aromatic carbocycles. The number of imidazole rings is 1. The molecule has 80 valence electrons. The van der Waals surface area contributed by atoms with Crippen LogP contribution in [0.25, 0.3) is 11.0 Å². The third kappa shape index (κ3) is 1.72. The molecule has 0 amide bonds. The van der Waals surface area contributed by atoms with E-state index >= 15 is 0 Å². The van der Waals surface area contributed by atoms with E-state index < -0.39 is 5.54 Å². The molecule has 0 aliphatic carbocycles. The fraction of sp³-hybridized carbons (Fsp3) is 0.364. The van der Waals surface area contributed by atoms with Gasteiger partial charge in [-0.05, 0) is 32.4 Å². The van der Waals surface area contributed by atoms with Gasteiger partial charge >= 0.3 is 0 Å². The highest BCUT2D eigenvalue weighted by atomic mass is 19.1. The third-order valence-corrected chi connectivity index (χ3v) is 2.37. The Hall–Kier alpha value is -1.42. The second-order valence-electron chi connectivity index (χ2n) is 4.43. The summed E-state index contributed by atoms with van der Waals surface area (Å²) in [7, 11) is 0. The fourth-order valence-corrected chi connectivity index (χ4v) is 1.44. The molecule has 2 rings (SSSR count). The van der Waals surface area contributed by atoms with E-state index in [4.69, 9.17) is 5.73 Å². The number of rotatable bonds is 1. The van der Waals surface area contributed by atoms with Gasteiger partial charge in [0.05, 0.1) is 16.6 Å². The highest BCUT2D eigenvalue weighted by Gasteiger charge is 2.19. The quantitative estimate of drug-likeness (QED) is 0.753. The number of aromatic amines is 1. The van der Waals surface area contributed by atoms with Crippen molar-refractivity contribution in [3.63, 3.8) is 0 Å². The number of benzene rings is 1. The molecule has 0 aliphatic heterocycles. The van der Waals surface area contributed by atoms with E-state index in [9.17, 15) is 4.39 Å². The molecule has 0 atom stereocenters. The predicted octanol–water partition coefficient (Wildman–Crippen LogP) is 2.20. The number of nitrogens with zero attached hydrogens (tertiary/aromatic N) is 1. The number of fused-ring (bicyclic) bond motifs is 1. The maximum atomic E-state index is 13.3. The summed E-state index contributed by atoms with van der Waals surface area (Å²) in [5.74, 6) is 0.429. The molecular weight excluding hydrogens is 193 g/mol. The highest BCUT2D eigenvalue weighted by Crippen LogP contribution is 2.21. The smallest absolute Gasteiger partial charge is 0.128 e. The van der Waals surface area contributed by atoms with Crippen molar-refractivity contribution < 1.29 is 4.39 Å². The lowest BCUT2D eigenvalue weighted by atomic mass is 10.1. The van der Waals surface area contributed by atoms with E-state index in [1.165, 1.54) is 6.07 Å². The number of nitrogens with two attached hydrogens (primary N) is 1. The van der Waals surface area contributed by atoms with Crippen LogP contribution in [0.5, 0.6) is 0 Å². The van der Waals surface area contributed by atoms with Gasteiger partial charge in [-0.15, -0.1) is 0 Å². The molecule has 0 radical (unpaired) electrons. The Balaban J connectivity index is 2.66. The lowest BCUT2D eigenvalue weighted by Gasteiger charge is -2.13. The van der Waals surface area contributed by atoms with Crippen molar-refractivity contribution in [2.75, 3.05) is 0 Å². The summed E-state index contributed by atoms with van der Waals surface area (Å²) in [5.41, 5.74) is 7.41. The number of H-pyrrole nitrogens is 1. The second kappa shape index (κ2) is 3.03. The largest absolute Gasteiger partial charge is 0.340 e. The van der Waals surface area contributed by atoms with Crippen LogP contribution in [0.1, 0.15) is 25.2 Å². The van der Waals surface area contributed by atoms with Crippen LogP contribution in [0.15, 0.2) is 12.1 Å². The van der Waals surface area contributed by atoms with Gasteiger partial charge < -0.3 is 10.7 Å². The Morgan fingerprint density at radius 2 is 2.07 bits per heavy atom. The van der Waals surface area contributed by atoms with Crippen molar-refractivity contribution in [3.8, 4) is 0 Å². The summed E-state index contributed by atoms with van der Waals surface area (Å²) >= 11 is 0. The van der Waals surface area contributed by atoms with Crippen LogP contribution in [0, 0.1) is 12.7 Å². The third-order valence-electron chi connectivity index (χ3n) is 2.37. The van der Waals surface area contributed by atoms with Crippen molar-refractivity contribution in [1.82, 2.24) is 9.97 Å². The molecule has 0 fully saturated rings. The molecule has 4 heteroatoms. The molecule has 3 N–H and O–H groups in total. The fourth-order valence-electron chi connectivity index (χ4n) is 1.44. The average Bonchev–Trinajstić information content (AvgIpc) is 2.47. The number of aromatic nitrogens is 2. The van der Waals surface area contributed by atoms with E-state index in [2.05, 4.69) is 9.97 Å². The van der Waals surface area contributed by atoms with Crippen molar-refractivity contribution in [2.45, 2.75) is 26.3 Å². The van der Waals surface area contributed by atoms with Gasteiger partial charge in [0, 0.05) is 6.07 Å². The molecule has 3 nitrogen and oxygen atoms in total. The zero-order chi connectivity index (χ0) is 11.2. The van der Waals surface area contributed by atoms with Crippen molar-refractivity contribution in [2.24, 2.45) is 5.73 Å². The first-order valence-corrected chi connectivity index (χ1v) is 4.83. The van der Waals surface area contributed by atoms with Gasteiger partial charge in [0.15, 0.2) is 0 Å². The van der Waals surface area contributed by atoms with Gasteiger partial charge in [-0.3, -0.25) is 0 Å². The van der Waals surface area contributed by atoms with E-state index in [-0.39, 0.29) is 5.82 Å². The lowest BCUT2D eigenvalue weighted by molar-refractivity contribution is 0.522. The van der Waals surface area contributed by atoms with Gasteiger partial charge in [-0.1, -0.05) is 0 Å². The van der Waals surface area contributed by atoms with Crippen LogP contribution in [0.2, 0.25) is 0 Å². The monoisotopic (exact) mass is 207 g/mol. The summed E-state index contributed by atoms with van der Waals surface area (Å²) in [6.45, 7) is 5.44. The summed E-state index contributed by atoms with van der Waals surface area (Å²) in [6, 6.07) is 3.17. The van der Waals surface area contributed by atoms with Crippen molar-refractivity contribution in [1.29, 1.82) is 0 Å². The number of hydrogen-bond acceptors (Lipinski definition) is 2. The van der Waals surface area contributed by atoms with E-state index in [1.54, 1.807) is 13.0 Å². The molecule has 0 aliphatic rings. The van der Waals surface area contributed by atoms with Gasteiger partial charge in [0.1, 0.15) is 11.6 Å². The standard InChI is InChI=1S/C11H14FN3/c1-6-4-8-9(5-7(6)12)15-10(14-8)11(2,3)13/h4-5H,13H2,1-3H3,(H,14,15). The first-order valence-electron chi connectivity index (χ1n) is 4.83. The van der Waals surface area contributed by atoms with E-state index in [0.29, 0.717) is 16.9 Å². The Labute approximate surface area is 87.5 Å². The molecule has 0 saturated heterocycles. The minimum atomic E-state index is -0.538. The first-order chi connectivity index (χ1) is 6.88. The summed E-state index contributed by atoms with van der Waals surface area (Å²) in [4.78, 5) is 7.37. The molecule has 15 heavy (non-hydrogen) atoms. The molecular formula is C11H14FN3. The molecule has 1 heterocycles. The SMILES string of the molecule is Cc1cc2[nH]c(C(C)(C)N)nc2cc1F. The van der Waals surface area contributed by atoms with Crippen LogP contribution >= 0.6 is 0 Å². The molecule has 2 aromatic rings. The topological polar surface area (TPSA) is 54.7 Å². The Morgan fingerprint density at radius 1 is 1.40 bits per heavy atom. The maximum Gasteiger partial charge on any atom is 0.128 e. The van der Waals surface area contributed by atoms with Crippen LogP contribution in [-0.2, 0) is 5.54 Å². The predicted molar refractivity (Wildman–Crippen MR) is 58.0 cm³/mol. The normalized spacial score (nSPS) is 12.3. The summed E-state index contributed by atoms with van der Waals surface area (Å²) < 4.78 is 13.3. The molecule has 0 unspecified atom stereocenters. The Kier molecular flexibility index (Phi) is 2.04. The van der Waals surface area contributed by atoms with Crippen LogP contribution < -0.4 is 5.73 Å². The van der Waals surface area contributed by atoms with Crippen LogP contribution in [0.4, 0.5) is 4.39 Å². The minimum Gasteiger partial charge on any atom is -0.340 e. The molecule has 0 bridgehead atoms. The van der Waals surface area contributed by atoms with E-state index in [0.717, 1.165) is 5.52 Å². The second-order valence-corrected chi connectivity index (χ2v) is 4.43. The average molecular weight is 207 g/mol. The lowest BCUT2D eigenvalue weighted by Crippen LogP contribution is -2.30. The maximum absolute atomic E-state index is 13.3. The Morgan fingerprint density at radius 3 is 2.67 bits per heavy atom. The Bertz CT molecular complexity index is 469. The summed E-state index contributed by atoms with van der Waals surface area (Å²) in [6.07, 6.45) is 0. The zero-order valence-electron chi connectivity index (χ0n) is 9.06. The van der Waals surface area contributed by atoms with Crippen molar-refractivity contribution >= 4 is 11.0 Å². The number of aryl methyl sites for hydroxylation is 1. The van der Waals surface area contributed by atoms with Crippen molar-refractivity contribution in [3.05, 3.63) is 29.3 Å². The zero-order valence-corrected chi connectivity index (χ0v) is 9.06. The molecule has 0 saturated carbocycles. The minimum absolute atomic E-state index is 0.240. The number of hydrogen-bond donors (Lipinski definition) is 2. The van der Waals surface area contributed by atoms with Gasteiger partial charge in [-0.2, -0.15) is 0 Å². The van der Waals surface area contributed by atoms with Gasteiger partial charge in [0.2, 0.25) is 0 Å². The number of halogens is 1. The van der Waals surface area contributed by atoms with E-state index in [1.807, 2.05) is 13.8 Å². The van der Waals surface area contributed by atoms with Gasteiger partial charge in [-0.25, -0.2) is 9.37 Å². The van der Waals surface area contributed by atoms with Gasteiger partial charge in [0.25, 0.3) is 0 Å². The first kappa shape index (κ1) is 10.1. The highest BCUT2D eigenvalue weighted by molar-refractivity contribution is 5.76. The number of nitrogens with one attached hydrogen (secondary N) is 1. The van der Waals surface area contributed by atoms with Crippen LogP contribution in [-0.4, -0.2) is 9.97 Å². The molecule has 1 aromatic heterocycles. The molecule has 0 spiro atoms.